The SMILES string of the molecule is CCOc1cc(C(=O)OCC(=O)N(CC)CC)c([N+](=O)[O-])cc1OC. The van der Waals surface area contributed by atoms with Crippen LogP contribution in [0, 0.1) is 10.1 Å². The predicted octanol–water partition coefficient (Wildman–Crippen LogP) is 2.03. The molecule has 9 heteroatoms. The fourth-order valence-corrected chi connectivity index (χ4v) is 2.16. The van der Waals surface area contributed by atoms with Crippen molar-refractivity contribution in [1.82, 2.24) is 4.90 Å². The molecule has 138 valence electrons. The molecule has 1 rings (SSSR count). The number of carbonyl (C=O) groups is 2. The number of nitro groups is 1. The van der Waals surface area contributed by atoms with Crippen LogP contribution in [0.15, 0.2) is 12.1 Å². The number of rotatable bonds is 9. The van der Waals surface area contributed by atoms with Gasteiger partial charge in [-0.3, -0.25) is 14.9 Å². The van der Waals surface area contributed by atoms with E-state index in [1.165, 1.54) is 18.1 Å². The van der Waals surface area contributed by atoms with E-state index in [0.29, 0.717) is 13.1 Å². The Hall–Kier alpha value is -2.84. The minimum absolute atomic E-state index is 0.129. The van der Waals surface area contributed by atoms with Gasteiger partial charge >= 0.3 is 5.97 Å². The largest absolute Gasteiger partial charge is 0.493 e. The molecule has 0 bridgehead atoms. The number of methoxy groups -OCH3 is 1. The summed E-state index contributed by atoms with van der Waals surface area (Å²) in [6, 6.07) is 2.28. The Balaban J connectivity index is 3.08. The fraction of sp³-hybridized carbons (Fsp3) is 0.500. The second kappa shape index (κ2) is 9.45. The zero-order valence-electron chi connectivity index (χ0n) is 14.7. The lowest BCUT2D eigenvalue weighted by Gasteiger charge is -2.18. The fourth-order valence-electron chi connectivity index (χ4n) is 2.16. The lowest BCUT2D eigenvalue weighted by molar-refractivity contribution is -0.385. The Labute approximate surface area is 145 Å². The van der Waals surface area contributed by atoms with Gasteiger partial charge in [-0.25, -0.2) is 4.79 Å². The number of benzene rings is 1. The van der Waals surface area contributed by atoms with Crippen LogP contribution in [0.2, 0.25) is 0 Å². The number of nitrogens with zero attached hydrogens (tertiary/aromatic N) is 2. The van der Waals surface area contributed by atoms with Gasteiger partial charge in [0.15, 0.2) is 18.1 Å². The highest BCUT2D eigenvalue weighted by molar-refractivity contribution is 5.96. The van der Waals surface area contributed by atoms with Gasteiger partial charge in [0, 0.05) is 19.2 Å². The number of nitro benzene ring substituents is 1. The zero-order valence-corrected chi connectivity index (χ0v) is 14.7. The quantitative estimate of drug-likeness (QED) is 0.379. The summed E-state index contributed by atoms with van der Waals surface area (Å²) >= 11 is 0. The molecule has 0 radical (unpaired) electrons. The molecule has 0 N–H and O–H groups in total. The van der Waals surface area contributed by atoms with E-state index in [4.69, 9.17) is 14.2 Å². The summed E-state index contributed by atoms with van der Waals surface area (Å²) in [7, 11) is 1.34. The zero-order chi connectivity index (χ0) is 19.0. The predicted molar refractivity (Wildman–Crippen MR) is 89.0 cm³/mol. The summed E-state index contributed by atoms with van der Waals surface area (Å²) in [6.45, 7) is 6.06. The molecule has 0 atom stereocenters. The van der Waals surface area contributed by atoms with Crippen LogP contribution in [0.5, 0.6) is 11.5 Å². The first-order valence-corrected chi connectivity index (χ1v) is 7.83. The van der Waals surface area contributed by atoms with Gasteiger partial charge in [-0.1, -0.05) is 0 Å². The summed E-state index contributed by atoms with van der Waals surface area (Å²) in [5.74, 6) is -1.04. The van der Waals surface area contributed by atoms with Gasteiger partial charge in [0.1, 0.15) is 5.56 Å². The topological polar surface area (TPSA) is 108 Å². The Bertz CT molecular complexity index is 642. The van der Waals surface area contributed by atoms with E-state index < -0.39 is 23.2 Å². The summed E-state index contributed by atoms with van der Waals surface area (Å²) in [5, 5.41) is 11.2. The van der Waals surface area contributed by atoms with Crippen molar-refractivity contribution in [1.29, 1.82) is 0 Å². The smallest absolute Gasteiger partial charge is 0.345 e. The molecule has 25 heavy (non-hydrogen) atoms. The summed E-state index contributed by atoms with van der Waals surface area (Å²) in [6.07, 6.45) is 0. The van der Waals surface area contributed by atoms with Gasteiger partial charge in [-0.2, -0.15) is 0 Å². The van der Waals surface area contributed by atoms with Crippen LogP contribution in [-0.2, 0) is 9.53 Å². The van der Waals surface area contributed by atoms with Crippen LogP contribution >= 0.6 is 0 Å². The van der Waals surface area contributed by atoms with Crippen molar-refractivity contribution in [2.45, 2.75) is 20.8 Å². The van der Waals surface area contributed by atoms with Gasteiger partial charge in [-0.15, -0.1) is 0 Å². The van der Waals surface area contributed by atoms with Crippen molar-refractivity contribution in [3.63, 3.8) is 0 Å². The minimum Gasteiger partial charge on any atom is -0.493 e. The maximum atomic E-state index is 12.2. The van der Waals surface area contributed by atoms with Crippen molar-refractivity contribution < 1.29 is 28.7 Å². The number of ether oxygens (including phenoxy) is 3. The van der Waals surface area contributed by atoms with E-state index in [1.807, 2.05) is 0 Å². The van der Waals surface area contributed by atoms with Crippen molar-refractivity contribution in [3.8, 4) is 11.5 Å². The lowest BCUT2D eigenvalue weighted by atomic mass is 10.1. The summed E-state index contributed by atoms with van der Waals surface area (Å²) in [4.78, 5) is 36.1. The normalized spacial score (nSPS) is 10.1. The Kier molecular flexibility index (Phi) is 7.64. The molecule has 0 saturated heterocycles. The standard InChI is InChI=1S/C16H22N2O7/c1-5-17(6-2)15(19)10-25-16(20)11-8-14(24-7-3)13(23-4)9-12(11)18(21)22/h8-9H,5-7,10H2,1-4H3. The van der Waals surface area contributed by atoms with Gasteiger partial charge in [0.25, 0.3) is 11.6 Å². The van der Waals surface area contributed by atoms with E-state index in [0.717, 1.165) is 6.07 Å². The number of likely N-dealkylation sites (N-methyl/N-ethyl adjacent to an activating group) is 1. The Morgan fingerprint density at radius 3 is 2.28 bits per heavy atom. The van der Waals surface area contributed by atoms with Crippen molar-refractivity contribution in [3.05, 3.63) is 27.8 Å². The molecule has 0 fully saturated rings. The lowest BCUT2D eigenvalue weighted by Crippen LogP contribution is -2.34. The monoisotopic (exact) mass is 354 g/mol. The van der Waals surface area contributed by atoms with Crippen molar-refractivity contribution in [2.75, 3.05) is 33.4 Å². The maximum absolute atomic E-state index is 12.2. The molecule has 0 aliphatic carbocycles. The summed E-state index contributed by atoms with van der Waals surface area (Å²) < 4.78 is 15.3. The second-order valence-corrected chi connectivity index (χ2v) is 4.85. The van der Waals surface area contributed by atoms with Crippen LogP contribution < -0.4 is 9.47 Å². The third-order valence-electron chi connectivity index (χ3n) is 3.44. The molecule has 1 aromatic rings. The first-order valence-electron chi connectivity index (χ1n) is 7.83. The van der Waals surface area contributed by atoms with E-state index in [1.54, 1.807) is 20.8 Å². The molecular formula is C16H22N2O7. The van der Waals surface area contributed by atoms with Crippen LogP contribution in [0.4, 0.5) is 5.69 Å². The van der Waals surface area contributed by atoms with Gasteiger partial charge in [0.05, 0.1) is 24.7 Å². The molecule has 0 heterocycles. The molecule has 0 unspecified atom stereocenters. The molecule has 0 aromatic heterocycles. The summed E-state index contributed by atoms with van der Waals surface area (Å²) in [5.41, 5.74) is -0.790. The van der Waals surface area contributed by atoms with E-state index in [2.05, 4.69) is 0 Å². The van der Waals surface area contributed by atoms with E-state index in [-0.39, 0.29) is 29.6 Å². The highest BCUT2D eigenvalue weighted by atomic mass is 16.6. The average Bonchev–Trinajstić information content (AvgIpc) is 2.60. The molecule has 0 aliphatic heterocycles. The molecule has 1 aromatic carbocycles. The van der Waals surface area contributed by atoms with Crippen molar-refractivity contribution in [2.24, 2.45) is 0 Å². The highest BCUT2D eigenvalue weighted by Crippen LogP contribution is 2.35. The molecule has 0 aliphatic rings. The van der Waals surface area contributed by atoms with Gasteiger partial charge < -0.3 is 19.1 Å². The maximum Gasteiger partial charge on any atom is 0.345 e. The molecule has 1 amide bonds. The van der Waals surface area contributed by atoms with Crippen LogP contribution in [0.3, 0.4) is 0 Å². The van der Waals surface area contributed by atoms with E-state index in [9.17, 15) is 19.7 Å². The van der Waals surface area contributed by atoms with Crippen LogP contribution in [-0.4, -0.2) is 55.1 Å². The first kappa shape index (κ1) is 20.2. The number of amides is 1. The van der Waals surface area contributed by atoms with Crippen LogP contribution in [0.25, 0.3) is 0 Å². The van der Waals surface area contributed by atoms with Crippen molar-refractivity contribution >= 4 is 17.6 Å². The molecular weight excluding hydrogens is 332 g/mol. The number of hydrogen-bond donors (Lipinski definition) is 0. The number of esters is 1. The average molecular weight is 354 g/mol. The first-order chi connectivity index (χ1) is 11.9. The highest BCUT2D eigenvalue weighted by Gasteiger charge is 2.26. The van der Waals surface area contributed by atoms with Gasteiger partial charge in [0.2, 0.25) is 0 Å². The third-order valence-corrected chi connectivity index (χ3v) is 3.44. The molecule has 0 saturated carbocycles. The molecule has 0 spiro atoms. The third kappa shape index (κ3) is 5.07. The minimum atomic E-state index is -0.976. The second-order valence-electron chi connectivity index (χ2n) is 4.85. The van der Waals surface area contributed by atoms with Crippen LogP contribution in [0.1, 0.15) is 31.1 Å². The molecule has 9 nitrogen and oxygen atoms in total. The number of carbonyl (C=O) groups excluding carboxylic acids is 2. The Morgan fingerprint density at radius 1 is 1.16 bits per heavy atom. The number of hydrogen-bond acceptors (Lipinski definition) is 7. The Morgan fingerprint density at radius 2 is 1.80 bits per heavy atom. The van der Waals surface area contributed by atoms with E-state index >= 15 is 0 Å². The van der Waals surface area contributed by atoms with Gasteiger partial charge in [-0.05, 0) is 20.8 Å².